The first-order chi connectivity index (χ1) is 7.26. The van der Waals surface area contributed by atoms with Crippen LogP contribution in [0.2, 0.25) is 0 Å². The Morgan fingerprint density at radius 3 is 2.80 bits per heavy atom. The Kier molecular flexibility index (Phi) is 2.56. The average Bonchev–Trinajstić information content (AvgIpc) is 2.29. The van der Waals surface area contributed by atoms with Crippen LogP contribution >= 0.6 is 0 Å². The van der Waals surface area contributed by atoms with E-state index >= 15 is 0 Å². The van der Waals surface area contributed by atoms with Gasteiger partial charge in [0.15, 0.2) is 0 Å². The van der Waals surface area contributed by atoms with Crippen LogP contribution in [0.5, 0.6) is 5.88 Å². The van der Waals surface area contributed by atoms with Crippen molar-refractivity contribution in [3.63, 3.8) is 0 Å². The van der Waals surface area contributed by atoms with E-state index in [9.17, 15) is 0 Å². The van der Waals surface area contributed by atoms with Gasteiger partial charge in [-0.2, -0.15) is 0 Å². The highest BCUT2D eigenvalue weighted by Gasteiger charge is 2.05. The fourth-order valence-corrected chi connectivity index (χ4v) is 1.70. The van der Waals surface area contributed by atoms with Crippen molar-refractivity contribution in [2.45, 2.75) is 13.5 Å². The van der Waals surface area contributed by atoms with Gasteiger partial charge in [-0.15, -0.1) is 0 Å². The summed E-state index contributed by atoms with van der Waals surface area (Å²) < 4.78 is 5.23. The summed E-state index contributed by atoms with van der Waals surface area (Å²) in [6, 6.07) is 6.14. The molecule has 2 rings (SSSR count). The van der Waals surface area contributed by atoms with Crippen molar-refractivity contribution in [2.75, 3.05) is 7.11 Å². The Bertz CT molecular complexity index is 494. The molecule has 1 heterocycles. The van der Waals surface area contributed by atoms with Gasteiger partial charge in [-0.3, -0.25) is 0 Å². The van der Waals surface area contributed by atoms with Crippen molar-refractivity contribution in [2.24, 2.45) is 5.73 Å². The molecule has 0 aliphatic heterocycles. The highest BCUT2D eigenvalue weighted by Crippen LogP contribution is 2.26. The molecule has 0 aliphatic rings. The second kappa shape index (κ2) is 3.87. The summed E-state index contributed by atoms with van der Waals surface area (Å²) in [6.45, 7) is 2.57. The normalized spacial score (nSPS) is 10.6. The van der Waals surface area contributed by atoms with Gasteiger partial charge >= 0.3 is 0 Å². The number of hydrogen-bond donors (Lipinski definition) is 1. The van der Waals surface area contributed by atoms with Crippen LogP contribution in [0.1, 0.15) is 11.1 Å². The van der Waals surface area contributed by atoms with E-state index in [1.807, 2.05) is 25.3 Å². The minimum absolute atomic E-state index is 0.535. The predicted molar refractivity (Wildman–Crippen MR) is 60.9 cm³/mol. The minimum Gasteiger partial charge on any atom is -0.481 e. The molecule has 2 aromatic rings. The molecule has 0 radical (unpaired) electrons. The van der Waals surface area contributed by atoms with E-state index in [0.29, 0.717) is 12.4 Å². The smallest absolute Gasteiger partial charge is 0.221 e. The SMILES string of the molecule is COc1ncc(C)c2ccc(CN)cc12. The van der Waals surface area contributed by atoms with Crippen LogP contribution in [0.4, 0.5) is 0 Å². The fourth-order valence-electron chi connectivity index (χ4n) is 1.70. The van der Waals surface area contributed by atoms with E-state index in [1.54, 1.807) is 7.11 Å². The largest absolute Gasteiger partial charge is 0.481 e. The Labute approximate surface area is 88.9 Å². The predicted octanol–water partition coefficient (Wildman–Crippen LogP) is 2.01. The van der Waals surface area contributed by atoms with Gasteiger partial charge in [-0.25, -0.2) is 4.98 Å². The molecule has 3 heteroatoms. The molecule has 0 amide bonds. The van der Waals surface area contributed by atoms with Crippen LogP contribution in [0.15, 0.2) is 24.4 Å². The average molecular weight is 202 g/mol. The zero-order valence-corrected chi connectivity index (χ0v) is 8.95. The van der Waals surface area contributed by atoms with Crippen molar-refractivity contribution < 1.29 is 4.74 Å². The van der Waals surface area contributed by atoms with Crippen LogP contribution in [-0.2, 0) is 6.54 Å². The molecule has 1 aromatic carbocycles. The summed E-state index contributed by atoms with van der Waals surface area (Å²) >= 11 is 0. The number of aryl methyl sites for hydroxylation is 1. The third-order valence-corrected chi connectivity index (χ3v) is 2.54. The molecule has 0 fully saturated rings. The number of rotatable bonds is 2. The third-order valence-electron chi connectivity index (χ3n) is 2.54. The standard InChI is InChI=1S/C12H14N2O/c1-8-7-14-12(15-2)11-5-9(6-13)3-4-10(8)11/h3-5,7H,6,13H2,1-2H3. The highest BCUT2D eigenvalue weighted by molar-refractivity contribution is 5.89. The van der Waals surface area contributed by atoms with Crippen LogP contribution in [0.3, 0.4) is 0 Å². The van der Waals surface area contributed by atoms with Gasteiger partial charge in [0.1, 0.15) is 0 Å². The first-order valence-electron chi connectivity index (χ1n) is 4.88. The molecular weight excluding hydrogens is 188 g/mol. The molecule has 0 unspecified atom stereocenters. The van der Waals surface area contributed by atoms with E-state index in [1.165, 1.54) is 5.39 Å². The first-order valence-corrected chi connectivity index (χ1v) is 4.88. The minimum atomic E-state index is 0.535. The molecule has 1 aromatic heterocycles. The van der Waals surface area contributed by atoms with Gasteiger partial charge in [-0.1, -0.05) is 12.1 Å². The zero-order valence-electron chi connectivity index (χ0n) is 8.95. The van der Waals surface area contributed by atoms with Crippen LogP contribution in [-0.4, -0.2) is 12.1 Å². The lowest BCUT2D eigenvalue weighted by molar-refractivity contribution is 0.403. The fraction of sp³-hybridized carbons (Fsp3) is 0.250. The molecule has 2 N–H and O–H groups in total. The number of nitrogens with zero attached hydrogens (tertiary/aromatic N) is 1. The number of nitrogens with two attached hydrogens (primary N) is 1. The molecule has 0 saturated heterocycles. The van der Waals surface area contributed by atoms with Crippen molar-refractivity contribution in [3.05, 3.63) is 35.5 Å². The summed E-state index contributed by atoms with van der Waals surface area (Å²) in [5.41, 5.74) is 7.85. The van der Waals surface area contributed by atoms with E-state index in [0.717, 1.165) is 16.5 Å². The van der Waals surface area contributed by atoms with Crippen molar-refractivity contribution in [3.8, 4) is 5.88 Å². The van der Waals surface area contributed by atoms with E-state index in [4.69, 9.17) is 10.5 Å². The molecule has 15 heavy (non-hydrogen) atoms. The number of hydrogen-bond acceptors (Lipinski definition) is 3. The molecule has 0 aliphatic carbocycles. The van der Waals surface area contributed by atoms with Crippen molar-refractivity contribution in [1.29, 1.82) is 0 Å². The highest BCUT2D eigenvalue weighted by atomic mass is 16.5. The molecule has 78 valence electrons. The van der Waals surface area contributed by atoms with Gasteiger partial charge in [0, 0.05) is 18.1 Å². The monoisotopic (exact) mass is 202 g/mol. The second-order valence-corrected chi connectivity index (χ2v) is 3.53. The lowest BCUT2D eigenvalue weighted by Gasteiger charge is -2.08. The summed E-state index contributed by atoms with van der Waals surface area (Å²) in [7, 11) is 1.63. The first kappa shape index (κ1) is 9.93. The third kappa shape index (κ3) is 1.66. The summed E-state index contributed by atoms with van der Waals surface area (Å²) in [4.78, 5) is 4.24. The lowest BCUT2D eigenvalue weighted by atomic mass is 10.1. The topological polar surface area (TPSA) is 48.1 Å². The number of fused-ring (bicyclic) bond motifs is 1. The molecular formula is C12H14N2O. The van der Waals surface area contributed by atoms with Crippen LogP contribution in [0, 0.1) is 6.92 Å². The lowest BCUT2D eigenvalue weighted by Crippen LogP contribution is -1.97. The van der Waals surface area contributed by atoms with Crippen molar-refractivity contribution in [1.82, 2.24) is 4.98 Å². The van der Waals surface area contributed by atoms with Crippen LogP contribution < -0.4 is 10.5 Å². The van der Waals surface area contributed by atoms with E-state index < -0.39 is 0 Å². The molecule has 0 atom stereocenters. The quantitative estimate of drug-likeness (QED) is 0.810. The molecule has 0 spiro atoms. The molecule has 0 saturated carbocycles. The Balaban J connectivity index is 2.77. The summed E-state index contributed by atoms with van der Waals surface area (Å²) in [5.74, 6) is 0.658. The summed E-state index contributed by atoms with van der Waals surface area (Å²) in [5, 5.41) is 2.19. The zero-order chi connectivity index (χ0) is 10.8. The van der Waals surface area contributed by atoms with Gasteiger partial charge in [0.25, 0.3) is 0 Å². The number of aromatic nitrogens is 1. The number of ether oxygens (including phenoxy) is 1. The summed E-state index contributed by atoms with van der Waals surface area (Å²) in [6.07, 6.45) is 1.82. The van der Waals surface area contributed by atoms with Gasteiger partial charge in [0.05, 0.1) is 7.11 Å². The number of pyridine rings is 1. The maximum atomic E-state index is 5.61. The number of methoxy groups -OCH3 is 1. The van der Waals surface area contributed by atoms with E-state index in [-0.39, 0.29) is 0 Å². The van der Waals surface area contributed by atoms with E-state index in [2.05, 4.69) is 11.1 Å². The van der Waals surface area contributed by atoms with Gasteiger partial charge in [-0.05, 0) is 29.5 Å². The van der Waals surface area contributed by atoms with Crippen molar-refractivity contribution >= 4 is 10.8 Å². The molecule has 3 nitrogen and oxygen atoms in total. The Hall–Kier alpha value is -1.61. The van der Waals surface area contributed by atoms with Crippen LogP contribution in [0.25, 0.3) is 10.8 Å². The maximum Gasteiger partial charge on any atom is 0.221 e. The maximum absolute atomic E-state index is 5.61. The van der Waals surface area contributed by atoms with Gasteiger partial charge < -0.3 is 10.5 Å². The second-order valence-electron chi connectivity index (χ2n) is 3.53. The Morgan fingerprint density at radius 2 is 2.13 bits per heavy atom. The van der Waals surface area contributed by atoms with Gasteiger partial charge in [0.2, 0.25) is 5.88 Å². The number of benzene rings is 1. The molecule has 0 bridgehead atoms. The Morgan fingerprint density at radius 1 is 1.33 bits per heavy atom.